The van der Waals surface area contributed by atoms with Gasteiger partial charge >= 0.3 is 0 Å². The van der Waals surface area contributed by atoms with Gasteiger partial charge in [-0.15, -0.1) is 0 Å². The number of hydrogen-bond donors (Lipinski definition) is 2. The van der Waals surface area contributed by atoms with Gasteiger partial charge in [0, 0.05) is 30.1 Å². The minimum absolute atomic E-state index is 0.122. The van der Waals surface area contributed by atoms with Gasteiger partial charge in [-0.05, 0) is 42.8 Å². The van der Waals surface area contributed by atoms with Gasteiger partial charge in [-0.2, -0.15) is 0 Å². The molecule has 1 aliphatic rings. The first-order valence-corrected chi connectivity index (χ1v) is 9.59. The van der Waals surface area contributed by atoms with Gasteiger partial charge in [0.05, 0.1) is 12.7 Å². The maximum atomic E-state index is 12.9. The van der Waals surface area contributed by atoms with E-state index >= 15 is 0 Å². The molecule has 6 nitrogen and oxygen atoms in total. The Morgan fingerprint density at radius 3 is 2.71 bits per heavy atom. The Bertz CT molecular complexity index is 841. The zero-order valence-corrected chi connectivity index (χ0v) is 16.4. The first kappa shape index (κ1) is 20.2. The lowest BCUT2D eigenvalue weighted by Gasteiger charge is -2.24. The van der Waals surface area contributed by atoms with Crippen molar-refractivity contribution < 1.29 is 19.4 Å². The number of aliphatic hydroxyl groups is 1. The number of nitrogens with one attached hydrogen (secondary N) is 1. The lowest BCUT2D eigenvalue weighted by atomic mass is 10.1. The smallest absolute Gasteiger partial charge is 0.254 e. The summed E-state index contributed by atoms with van der Waals surface area (Å²) in [6, 6.07) is 13.3. The van der Waals surface area contributed by atoms with Crippen LogP contribution in [0.3, 0.4) is 0 Å². The van der Waals surface area contributed by atoms with Gasteiger partial charge in [-0.3, -0.25) is 9.59 Å². The molecule has 2 amide bonds. The van der Waals surface area contributed by atoms with Crippen LogP contribution in [-0.2, 0) is 11.3 Å². The summed E-state index contributed by atoms with van der Waals surface area (Å²) in [5, 5.41) is 13.5. The van der Waals surface area contributed by atoms with Crippen molar-refractivity contribution in [3.63, 3.8) is 0 Å². The van der Waals surface area contributed by atoms with E-state index in [9.17, 15) is 14.7 Å². The van der Waals surface area contributed by atoms with Gasteiger partial charge < -0.3 is 20.1 Å². The molecular weight excluding hydrogens is 380 g/mol. The number of ether oxygens (including phenoxy) is 1. The molecule has 0 unspecified atom stereocenters. The van der Waals surface area contributed by atoms with Crippen LogP contribution in [0.2, 0.25) is 5.02 Å². The maximum Gasteiger partial charge on any atom is 0.254 e. The van der Waals surface area contributed by atoms with E-state index in [1.54, 1.807) is 36.4 Å². The number of rotatable bonds is 6. The predicted molar refractivity (Wildman–Crippen MR) is 106 cm³/mol. The van der Waals surface area contributed by atoms with Crippen LogP contribution in [0.5, 0.6) is 5.75 Å². The summed E-state index contributed by atoms with van der Waals surface area (Å²) in [5.41, 5.74) is 1.33. The molecule has 2 atom stereocenters. The van der Waals surface area contributed by atoms with Crippen LogP contribution in [0.15, 0.2) is 48.5 Å². The van der Waals surface area contributed by atoms with Gasteiger partial charge in [0.15, 0.2) is 0 Å². The van der Waals surface area contributed by atoms with E-state index in [0.29, 0.717) is 29.5 Å². The molecule has 3 rings (SSSR count). The second kappa shape index (κ2) is 9.08. The standard InChI is InChI=1S/C21H23ClN2O4/c1-2-28-18-5-3-4-15(10-18)21(27)24-13-17(25)11-19(24)20(26)23-12-14-6-8-16(22)9-7-14/h3-10,17,19,25H,2,11-13H2,1H3,(H,23,26)/t17-,19+/m1/s1. The van der Waals surface area contributed by atoms with E-state index in [1.807, 2.05) is 19.1 Å². The molecule has 0 aromatic heterocycles. The van der Waals surface area contributed by atoms with E-state index in [2.05, 4.69) is 5.32 Å². The fourth-order valence-electron chi connectivity index (χ4n) is 3.25. The molecule has 7 heteroatoms. The normalized spacial score (nSPS) is 18.8. The maximum absolute atomic E-state index is 12.9. The Kier molecular flexibility index (Phi) is 6.54. The van der Waals surface area contributed by atoms with Crippen molar-refractivity contribution in [2.24, 2.45) is 0 Å². The van der Waals surface area contributed by atoms with Crippen LogP contribution in [0.25, 0.3) is 0 Å². The Morgan fingerprint density at radius 1 is 1.25 bits per heavy atom. The number of benzene rings is 2. The zero-order valence-electron chi connectivity index (χ0n) is 15.6. The monoisotopic (exact) mass is 402 g/mol. The largest absolute Gasteiger partial charge is 0.494 e. The molecule has 2 aromatic rings. The summed E-state index contributed by atoms with van der Waals surface area (Å²) in [6.07, 6.45) is -0.520. The number of aliphatic hydroxyl groups excluding tert-OH is 1. The molecule has 1 fully saturated rings. The summed E-state index contributed by atoms with van der Waals surface area (Å²) in [6.45, 7) is 2.81. The molecule has 2 aromatic carbocycles. The third kappa shape index (κ3) is 4.82. The Labute approximate surface area is 169 Å². The number of halogens is 1. The van der Waals surface area contributed by atoms with Crippen molar-refractivity contribution in [1.82, 2.24) is 10.2 Å². The number of carbonyl (C=O) groups is 2. The molecule has 0 spiro atoms. The van der Waals surface area contributed by atoms with E-state index in [4.69, 9.17) is 16.3 Å². The molecule has 2 N–H and O–H groups in total. The number of likely N-dealkylation sites (tertiary alicyclic amines) is 1. The van der Waals surface area contributed by atoms with Gasteiger partial charge in [0.1, 0.15) is 11.8 Å². The molecule has 1 saturated heterocycles. The van der Waals surface area contributed by atoms with Crippen molar-refractivity contribution in [3.8, 4) is 5.75 Å². The van der Waals surface area contributed by atoms with Gasteiger partial charge in [-0.1, -0.05) is 29.8 Å². The summed E-state index contributed by atoms with van der Waals surface area (Å²) >= 11 is 5.87. The van der Waals surface area contributed by atoms with Crippen LogP contribution in [-0.4, -0.2) is 47.1 Å². The third-order valence-corrected chi connectivity index (χ3v) is 4.87. The number of amides is 2. The SMILES string of the molecule is CCOc1cccc(C(=O)N2C[C@H](O)C[C@H]2C(=O)NCc2ccc(Cl)cc2)c1. The van der Waals surface area contributed by atoms with Gasteiger partial charge in [0.25, 0.3) is 5.91 Å². The van der Waals surface area contributed by atoms with E-state index in [0.717, 1.165) is 5.56 Å². The van der Waals surface area contributed by atoms with Gasteiger partial charge in [-0.25, -0.2) is 0 Å². The van der Waals surface area contributed by atoms with Crippen LogP contribution in [0.4, 0.5) is 0 Å². The minimum atomic E-state index is -0.731. The highest BCUT2D eigenvalue weighted by atomic mass is 35.5. The first-order chi connectivity index (χ1) is 13.5. The number of carbonyl (C=O) groups excluding carboxylic acids is 2. The Hall–Kier alpha value is -2.57. The highest BCUT2D eigenvalue weighted by Gasteiger charge is 2.39. The average molecular weight is 403 g/mol. The second-order valence-corrected chi connectivity index (χ2v) is 7.10. The van der Waals surface area contributed by atoms with E-state index in [1.165, 1.54) is 4.90 Å². The topological polar surface area (TPSA) is 78.9 Å². The molecular formula is C21H23ClN2O4. The molecule has 28 heavy (non-hydrogen) atoms. The van der Waals surface area contributed by atoms with Crippen LogP contribution < -0.4 is 10.1 Å². The molecule has 148 valence electrons. The van der Waals surface area contributed by atoms with Crippen molar-refractivity contribution in [2.45, 2.75) is 32.0 Å². The third-order valence-electron chi connectivity index (χ3n) is 4.61. The van der Waals surface area contributed by atoms with E-state index < -0.39 is 12.1 Å². The Morgan fingerprint density at radius 2 is 2.00 bits per heavy atom. The average Bonchev–Trinajstić information content (AvgIpc) is 3.09. The Balaban J connectivity index is 1.69. The summed E-state index contributed by atoms with van der Waals surface area (Å²) in [7, 11) is 0. The van der Waals surface area contributed by atoms with Crippen molar-refractivity contribution >= 4 is 23.4 Å². The summed E-state index contributed by atoms with van der Waals surface area (Å²) in [4.78, 5) is 27.0. The molecule has 0 bridgehead atoms. The molecule has 0 aliphatic carbocycles. The first-order valence-electron chi connectivity index (χ1n) is 9.22. The van der Waals surface area contributed by atoms with Crippen LogP contribution in [0, 0.1) is 0 Å². The fraction of sp³-hybridized carbons (Fsp3) is 0.333. The predicted octanol–water partition coefficient (Wildman–Crippen LogP) is 2.63. The summed E-state index contributed by atoms with van der Waals surface area (Å²) < 4.78 is 5.44. The minimum Gasteiger partial charge on any atom is -0.494 e. The molecule has 0 saturated carbocycles. The summed E-state index contributed by atoms with van der Waals surface area (Å²) in [5.74, 6) is 0.00222. The highest BCUT2D eigenvalue weighted by Crippen LogP contribution is 2.23. The lowest BCUT2D eigenvalue weighted by Crippen LogP contribution is -2.45. The fourth-order valence-corrected chi connectivity index (χ4v) is 3.37. The number of β-amino-alcohol motifs (C(OH)–C–C–N with tert-alkyl or cyclic N) is 1. The van der Waals surface area contributed by atoms with Crippen molar-refractivity contribution in [1.29, 1.82) is 0 Å². The van der Waals surface area contributed by atoms with Crippen LogP contribution >= 0.6 is 11.6 Å². The highest BCUT2D eigenvalue weighted by molar-refractivity contribution is 6.30. The number of nitrogens with zero attached hydrogens (tertiary/aromatic N) is 1. The zero-order chi connectivity index (χ0) is 20.1. The molecule has 1 heterocycles. The lowest BCUT2D eigenvalue weighted by molar-refractivity contribution is -0.125. The van der Waals surface area contributed by atoms with Crippen molar-refractivity contribution in [2.75, 3.05) is 13.2 Å². The quantitative estimate of drug-likeness (QED) is 0.778. The second-order valence-electron chi connectivity index (χ2n) is 6.67. The molecule has 1 aliphatic heterocycles. The van der Waals surface area contributed by atoms with Gasteiger partial charge in [0.2, 0.25) is 5.91 Å². The van der Waals surface area contributed by atoms with Crippen LogP contribution in [0.1, 0.15) is 29.3 Å². The molecule has 0 radical (unpaired) electrons. The van der Waals surface area contributed by atoms with E-state index in [-0.39, 0.29) is 24.8 Å². The number of hydrogen-bond acceptors (Lipinski definition) is 4. The van der Waals surface area contributed by atoms with Crippen molar-refractivity contribution in [3.05, 3.63) is 64.7 Å².